The molecule has 7 heteroatoms. The molecule has 0 bridgehead atoms. The number of benzene rings is 1. The van der Waals surface area contributed by atoms with E-state index >= 15 is 0 Å². The van der Waals surface area contributed by atoms with Crippen molar-refractivity contribution in [2.75, 3.05) is 19.7 Å². The second-order valence-electron chi connectivity index (χ2n) is 4.10. The van der Waals surface area contributed by atoms with Gasteiger partial charge >= 0.3 is 6.18 Å². The summed E-state index contributed by atoms with van der Waals surface area (Å²) in [4.78, 5) is 11.1. The Balaban J connectivity index is 2.32. The van der Waals surface area contributed by atoms with Gasteiger partial charge in [-0.3, -0.25) is 4.79 Å². The molecular weight excluding hydrogens is 273 g/mol. The molecular formula is C13H17F3N2O2. The van der Waals surface area contributed by atoms with Crippen LogP contribution in [0.4, 0.5) is 13.2 Å². The van der Waals surface area contributed by atoms with Crippen molar-refractivity contribution in [3.63, 3.8) is 0 Å². The van der Waals surface area contributed by atoms with Gasteiger partial charge in [-0.25, -0.2) is 0 Å². The Hall–Kier alpha value is -1.76. The van der Waals surface area contributed by atoms with Crippen LogP contribution in [0.25, 0.3) is 0 Å². The van der Waals surface area contributed by atoms with E-state index in [2.05, 4.69) is 5.32 Å². The highest BCUT2D eigenvalue weighted by Gasteiger charge is 2.27. The molecule has 2 N–H and O–H groups in total. The lowest BCUT2D eigenvalue weighted by Gasteiger charge is -2.10. The summed E-state index contributed by atoms with van der Waals surface area (Å²) in [6.45, 7) is 1.79. The Morgan fingerprint density at radius 3 is 2.45 bits per heavy atom. The van der Waals surface area contributed by atoms with Crippen molar-refractivity contribution in [1.29, 1.82) is 0 Å². The minimum Gasteiger partial charge on any atom is -0.484 e. The predicted molar refractivity (Wildman–Crippen MR) is 68.4 cm³/mol. The van der Waals surface area contributed by atoms with E-state index < -0.39 is 25.2 Å². The fraction of sp³-hybridized carbons (Fsp3) is 0.462. The van der Waals surface area contributed by atoms with E-state index in [0.717, 1.165) is 18.7 Å². The summed E-state index contributed by atoms with van der Waals surface area (Å²) >= 11 is 0. The van der Waals surface area contributed by atoms with Crippen LogP contribution in [0.2, 0.25) is 0 Å². The Kier molecular flexibility index (Phi) is 6.30. The topological polar surface area (TPSA) is 50.4 Å². The molecule has 0 saturated carbocycles. The summed E-state index contributed by atoms with van der Waals surface area (Å²) < 4.78 is 40.7. The Bertz CT molecular complexity index is 419. The van der Waals surface area contributed by atoms with Crippen LogP contribution in [0.5, 0.6) is 5.75 Å². The van der Waals surface area contributed by atoms with Crippen LogP contribution in [0.3, 0.4) is 0 Å². The molecule has 0 aromatic heterocycles. The molecule has 1 aromatic carbocycles. The number of carbonyl (C=O) groups excluding carboxylic acids is 1. The van der Waals surface area contributed by atoms with E-state index in [0.29, 0.717) is 5.75 Å². The number of rotatable bonds is 7. The van der Waals surface area contributed by atoms with Crippen LogP contribution >= 0.6 is 0 Å². The van der Waals surface area contributed by atoms with Crippen LogP contribution < -0.4 is 15.4 Å². The molecule has 0 radical (unpaired) electrons. The average molecular weight is 290 g/mol. The lowest BCUT2D eigenvalue weighted by molar-refractivity contribution is -0.139. The van der Waals surface area contributed by atoms with Crippen molar-refractivity contribution in [1.82, 2.24) is 10.6 Å². The second-order valence-corrected chi connectivity index (χ2v) is 4.10. The molecule has 0 saturated heterocycles. The third-order valence-electron chi connectivity index (χ3n) is 2.36. The zero-order valence-corrected chi connectivity index (χ0v) is 11.1. The van der Waals surface area contributed by atoms with Gasteiger partial charge in [0, 0.05) is 6.54 Å². The first-order chi connectivity index (χ1) is 9.40. The number of hydrogen-bond donors (Lipinski definition) is 2. The van der Waals surface area contributed by atoms with Crippen molar-refractivity contribution in [3.05, 3.63) is 29.8 Å². The zero-order chi connectivity index (χ0) is 15.0. The first kappa shape index (κ1) is 16.3. The molecule has 1 rings (SSSR count). The van der Waals surface area contributed by atoms with Crippen molar-refractivity contribution in [3.8, 4) is 5.75 Å². The number of carbonyl (C=O) groups is 1. The van der Waals surface area contributed by atoms with Gasteiger partial charge in [-0.15, -0.1) is 0 Å². The molecule has 112 valence electrons. The van der Waals surface area contributed by atoms with Gasteiger partial charge in [0.2, 0.25) is 0 Å². The van der Waals surface area contributed by atoms with Crippen LogP contribution in [-0.4, -0.2) is 31.8 Å². The summed E-state index contributed by atoms with van der Waals surface area (Å²) in [7, 11) is 0. The van der Waals surface area contributed by atoms with E-state index in [9.17, 15) is 18.0 Å². The SMILES string of the molecule is CCNCc1ccc(OCC(=O)NCC(F)(F)F)cc1. The fourth-order valence-electron chi connectivity index (χ4n) is 1.37. The van der Waals surface area contributed by atoms with Crippen LogP contribution in [0, 0.1) is 0 Å². The highest BCUT2D eigenvalue weighted by molar-refractivity contribution is 5.77. The highest BCUT2D eigenvalue weighted by atomic mass is 19.4. The first-order valence-corrected chi connectivity index (χ1v) is 6.16. The molecule has 0 spiro atoms. The highest BCUT2D eigenvalue weighted by Crippen LogP contribution is 2.13. The van der Waals surface area contributed by atoms with Gasteiger partial charge in [-0.05, 0) is 24.2 Å². The predicted octanol–water partition coefficient (Wildman–Crippen LogP) is 1.85. The lowest BCUT2D eigenvalue weighted by Crippen LogP contribution is -2.36. The Morgan fingerprint density at radius 1 is 1.25 bits per heavy atom. The molecule has 1 amide bonds. The van der Waals surface area contributed by atoms with Gasteiger partial charge in [-0.2, -0.15) is 13.2 Å². The number of halogens is 3. The summed E-state index contributed by atoms with van der Waals surface area (Å²) in [6.07, 6.45) is -4.41. The Morgan fingerprint density at radius 2 is 1.90 bits per heavy atom. The molecule has 0 aliphatic rings. The maximum absolute atomic E-state index is 11.9. The number of ether oxygens (including phenoxy) is 1. The molecule has 0 heterocycles. The van der Waals surface area contributed by atoms with E-state index in [4.69, 9.17) is 4.74 Å². The minimum absolute atomic E-state index is 0.437. The maximum Gasteiger partial charge on any atom is 0.405 e. The van der Waals surface area contributed by atoms with E-state index in [1.165, 1.54) is 0 Å². The third-order valence-corrected chi connectivity index (χ3v) is 2.36. The van der Waals surface area contributed by atoms with E-state index in [1.54, 1.807) is 17.4 Å². The normalized spacial score (nSPS) is 11.2. The van der Waals surface area contributed by atoms with E-state index in [-0.39, 0.29) is 0 Å². The fourth-order valence-corrected chi connectivity index (χ4v) is 1.37. The quantitative estimate of drug-likeness (QED) is 0.806. The average Bonchev–Trinajstić information content (AvgIpc) is 2.41. The van der Waals surface area contributed by atoms with Gasteiger partial charge < -0.3 is 15.4 Å². The molecule has 0 aliphatic heterocycles. The molecule has 20 heavy (non-hydrogen) atoms. The Labute approximate surface area is 115 Å². The van der Waals surface area contributed by atoms with Gasteiger partial charge in [0.05, 0.1) is 0 Å². The van der Waals surface area contributed by atoms with E-state index in [1.807, 2.05) is 19.1 Å². The number of alkyl halides is 3. The van der Waals surface area contributed by atoms with Gasteiger partial charge in [0.15, 0.2) is 6.61 Å². The van der Waals surface area contributed by atoms with Crippen molar-refractivity contribution >= 4 is 5.91 Å². The molecule has 0 unspecified atom stereocenters. The van der Waals surface area contributed by atoms with Crippen molar-refractivity contribution in [2.45, 2.75) is 19.6 Å². The van der Waals surface area contributed by atoms with Crippen LogP contribution in [-0.2, 0) is 11.3 Å². The summed E-state index contributed by atoms with van der Waals surface area (Å²) in [5.41, 5.74) is 1.06. The molecule has 0 fully saturated rings. The first-order valence-electron chi connectivity index (χ1n) is 6.16. The molecule has 0 atom stereocenters. The van der Waals surface area contributed by atoms with Crippen molar-refractivity contribution < 1.29 is 22.7 Å². The van der Waals surface area contributed by atoms with Crippen molar-refractivity contribution in [2.24, 2.45) is 0 Å². The lowest BCUT2D eigenvalue weighted by atomic mass is 10.2. The van der Waals surface area contributed by atoms with Gasteiger partial charge in [0.1, 0.15) is 12.3 Å². The second kappa shape index (κ2) is 7.74. The third kappa shape index (κ3) is 6.98. The number of hydrogen-bond acceptors (Lipinski definition) is 3. The number of amides is 1. The van der Waals surface area contributed by atoms with Crippen LogP contribution in [0.1, 0.15) is 12.5 Å². The molecule has 4 nitrogen and oxygen atoms in total. The summed E-state index contributed by atoms with van der Waals surface area (Å²) in [5, 5.41) is 4.89. The maximum atomic E-state index is 11.9. The summed E-state index contributed by atoms with van der Waals surface area (Å²) in [5.74, 6) is -0.369. The largest absolute Gasteiger partial charge is 0.484 e. The number of nitrogens with one attached hydrogen (secondary N) is 2. The van der Waals surface area contributed by atoms with Gasteiger partial charge in [-0.1, -0.05) is 19.1 Å². The molecule has 0 aliphatic carbocycles. The monoisotopic (exact) mass is 290 g/mol. The smallest absolute Gasteiger partial charge is 0.405 e. The summed E-state index contributed by atoms with van der Waals surface area (Å²) in [6, 6.07) is 6.99. The standard InChI is InChI=1S/C13H17F3N2O2/c1-2-17-7-10-3-5-11(6-4-10)20-8-12(19)18-9-13(14,15)16/h3-6,17H,2,7-9H2,1H3,(H,18,19). The van der Waals surface area contributed by atoms with Crippen LogP contribution in [0.15, 0.2) is 24.3 Å². The molecule has 1 aromatic rings. The minimum atomic E-state index is -4.41. The van der Waals surface area contributed by atoms with Gasteiger partial charge in [0.25, 0.3) is 5.91 Å². The zero-order valence-electron chi connectivity index (χ0n) is 11.1.